The van der Waals surface area contributed by atoms with Gasteiger partial charge in [0.2, 0.25) is 0 Å². The third-order valence-corrected chi connectivity index (χ3v) is 5.03. The van der Waals surface area contributed by atoms with Crippen molar-refractivity contribution in [2.45, 2.75) is 13.8 Å². The molecule has 0 saturated heterocycles. The summed E-state index contributed by atoms with van der Waals surface area (Å²) in [6, 6.07) is 6.92. The van der Waals surface area contributed by atoms with Crippen LogP contribution < -0.4 is 5.32 Å². The lowest BCUT2D eigenvalue weighted by Crippen LogP contribution is -2.12. The van der Waals surface area contributed by atoms with Crippen LogP contribution in [0.15, 0.2) is 24.3 Å². The number of methoxy groups -OCH3 is 1. The number of thiophene rings is 1. The van der Waals surface area contributed by atoms with Crippen LogP contribution in [0, 0.1) is 13.8 Å². The molecular formula is C17H17N3O3S. The standard InChI is InChI=1S/C17H17N3O3S/c1-9-5-6-11(17(22)23-4)7-13(9)18-15(21)14-8-12-10(2)19-20(3)16(12)24-14/h5-8H,1-4H3,(H,18,21). The van der Waals surface area contributed by atoms with Crippen LogP contribution in [0.25, 0.3) is 10.2 Å². The Morgan fingerprint density at radius 3 is 2.67 bits per heavy atom. The summed E-state index contributed by atoms with van der Waals surface area (Å²) in [5, 5.41) is 8.18. The monoisotopic (exact) mass is 343 g/mol. The van der Waals surface area contributed by atoms with Gasteiger partial charge in [0.1, 0.15) is 4.83 Å². The number of esters is 1. The van der Waals surface area contributed by atoms with Gasteiger partial charge >= 0.3 is 5.97 Å². The van der Waals surface area contributed by atoms with Crippen LogP contribution in [0.4, 0.5) is 5.69 Å². The highest BCUT2D eigenvalue weighted by atomic mass is 32.1. The van der Waals surface area contributed by atoms with Gasteiger partial charge in [-0.2, -0.15) is 5.10 Å². The van der Waals surface area contributed by atoms with Crippen molar-refractivity contribution in [1.29, 1.82) is 0 Å². The first-order valence-corrected chi connectivity index (χ1v) is 8.16. The van der Waals surface area contributed by atoms with Crippen molar-refractivity contribution in [2.75, 3.05) is 12.4 Å². The van der Waals surface area contributed by atoms with Crippen LogP contribution in [0.5, 0.6) is 0 Å². The third-order valence-electron chi connectivity index (χ3n) is 3.83. The summed E-state index contributed by atoms with van der Waals surface area (Å²) in [5.74, 6) is -0.644. The fourth-order valence-corrected chi connectivity index (χ4v) is 3.52. The molecule has 1 amide bonds. The molecule has 24 heavy (non-hydrogen) atoms. The van der Waals surface area contributed by atoms with Gasteiger partial charge < -0.3 is 10.1 Å². The van der Waals surface area contributed by atoms with Crippen LogP contribution >= 0.6 is 11.3 Å². The summed E-state index contributed by atoms with van der Waals surface area (Å²) in [7, 11) is 3.19. The number of amides is 1. The second kappa shape index (κ2) is 6.09. The van der Waals surface area contributed by atoms with Gasteiger partial charge in [-0.3, -0.25) is 9.48 Å². The van der Waals surface area contributed by atoms with E-state index < -0.39 is 5.97 Å². The molecule has 2 heterocycles. The molecule has 1 aromatic carbocycles. The number of carbonyl (C=O) groups excluding carboxylic acids is 2. The minimum Gasteiger partial charge on any atom is -0.465 e. The summed E-state index contributed by atoms with van der Waals surface area (Å²) in [4.78, 5) is 25.8. The van der Waals surface area contributed by atoms with E-state index in [0.717, 1.165) is 21.5 Å². The Morgan fingerprint density at radius 1 is 1.25 bits per heavy atom. The zero-order valence-corrected chi connectivity index (χ0v) is 14.7. The first-order valence-electron chi connectivity index (χ1n) is 7.34. The minimum atomic E-state index is -0.436. The van der Waals surface area contributed by atoms with Crippen LogP contribution in [0.3, 0.4) is 0 Å². The number of benzene rings is 1. The number of anilines is 1. The normalized spacial score (nSPS) is 10.8. The molecule has 0 bridgehead atoms. The molecule has 124 valence electrons. The van der Waals surface area contributed by atoms with E-state index in [-0.39, 0.29) is 5.91 Å². The van der Waals surface area contributed by atoms with Crippen LogP contribution in [-0.4, -0.2) is 28.8 Å². The number of fused-ring (bicyclic) bond motifs is 1. The molecule has 0 spiro atoms. The quantitative estimate of drug-likeness (QED) is 0.741. The van der Waals surface area contributed by atoms with E-state index in [1.54, 1.807) is 22.9 Å². The van der Waals surface area contributed by atoms with Crippen LogP contribution in [-0.2, 0) is 11.8 Å². The Labute approximate surface area is 143 Å². The Bertz CT molecular complexity index is 921. The number of aromatic nitrogens is 2. The summed E-state index contributed by atoms with van der Waals surface area (Å²) in [6.07, 6.45) is 0. The number of ether oxygens (including phenoxy) is 1. The number of hydrogen-bond donors (Lipinski definition) is 1. The number of rotatable bonds is 3. The van der Waals surface area contributed by atoms with E-state index in [0.29, 0.717) is 16.1 Å². The second-order valence-electron chi connectivity index (χ2n) is 5.51. The van der Waals surface area contributed by atoms with Crippen LogP contribution in [0.2, 0.25) is 0 Å². The van der Waals surface area contributed by atoms with Gasteiger partial charge in [0.05, 0.1) is 23.2 Å². The van der Waals surface area contributed by atoms with E-state index >= 15 is 0 Å². The molecule has 0 fully saturated rings. The van der Waals surface area contributed by atoms with Crippen molar-refractivity contribution in [2.24, 2.45) is 7.05 Å². The van der Waals surface area contributed by atoms with Crippen molar-refractivity contribution in [3.05, 3.63) is 46.0 Å². The first-order chi connectivity index (χ1) is 11.4. The molecule has 7 heteroatoms. The fourth-order valence-electron chi connectivity index (χ4n) is 2.50. The lowest BCUT2D eigenvalue weighted by Gasteiger charge is -2.09. The molecule has 0 aliphatic carbocycles. The molecule has 0 aliphatic rings. The maximum absolute atomic E-state index is 12.6. The Morgan fingerprint density at radius 2 is 2.00 bits per heavy atom. The third kappa shape index (κ3) is 2.78. The number of nitrogens with one attached hydrogen (secondary N) is 1. The molecule has 2 aromatic heterocycles. The molecule has 0 aliphatic heterocycles. The Hall–Kier alpha value is -2.67. The molecule has 3 aromatic rings. The maximum Gasteiger partial charge on any atom is 0.337 e. The van der Waals surface area contributed by atoms with E-state index in [1.165, 1.54) is 18.4 Å². The number of hydrogen-bond acceptors (Lipinski definition) is 5. The first kappa shape index (κ1) is 16.2. The average molecular weight is 343 g/mol. The molecule has 0 radical (unpaired) electrons. The summed E-state index contributed by atoms with van der Waals surface area (Å²) >= 11 is 1.39. The van der Waals surface area contributed by atoms with E-state index in [1.807, 2.05) is 27.0 Å². The molecule has 0 atom stereocenters. The lowest BCUT2D eigenvalue weighted by atomic mass is 10.1. The van der Waals surface area contributed by atoms with E-state index in [4.69, 9.17) is 4.74 Å². The maximum atomic E-state index is 12.6. The number of aryl methyl sites for hydroxylation is 3. The zero-order chi connectivity index (χ0) is 17.4. The summed E-state index contributed by atoms with van der Waals surface area (Å²) in [6.45, 7) is 3.79. The van der Waals surface area contributed by atoms with Gasteiger partial charge in [0, 0.05) is 18.1 Å². The van der Waals surface area contributed by atoms with Gasteiger partial charge in [-0.25, -0.2) is 4.79 Å². The smallest absolute Gasteiger partial charge is 0.337 e. The lowest BCUT2D eigenvalue weighted by molar-refractivity contribution is 0.0600. The van der Waals surface area contributed by atoms with Crippen molar-refractivity contribution >= 4 is 39.1 Å². The van der Waals surface area contributed by atoms with Gasteiger partial charge in [0.25, 0.3) is 5.91 Å². The van der Waals surface area contributed by atoms with Crippen molar-refractivity contribution in [1.82, 2.24) is 9.78 Å². The van der Waals surface area contributed by atoms with Crippen molar-refractivity contribution in [3.63, 3.8) is 0 Å². The molecule has 0 saturated carbocycles. The molecular weight excluding hydrogens is 326 g/mol. The number of carbonyl (C=O) groups is 2. The SMILES string of the molecule is COC(=O)c1ccc(C)c(NC(=O)c2cc3c(C)nn(C)c3s2)c1. The highest BCUT2D eigenvalue weighted by molar-refractivity contribution is 7.20. The predicted molar refractivity (Wildman–Crippen MR) is 93.8 cm³/mol. The molecule has 6 nitrogen and oxygen atoms in total. The van der Waals surface area contributed by atoms with Crippen LogP contribution in [0.1, 0.15) is 31.3 Å². The minimum absolute atomic E-state index is 0.208. The highest BCUT2D eigenvalue weighted by Crippen LogP contribution is 2.28. The van der Waals surface area contributed by atoms with E-state index in [2.05, 4.69) is 10.4 Å². The predicted octanol–water partition coefficient (Wildman–Crippen LogP) is 3.29. The van der Waals surface area contributed by atoms with Crippen molar-refractivity contribution < 1.29 is 14.3 Å². The largest absolute Gasteiger partial charge is 0.465 e. The van der Waals surface area contributed by atoms with Gasteiger partial charge in [-0.15, -0.1) is 11.3 Å². The Balaban J connectivity index is 1.91. The summed E-state index contributed by atoms with van der Waals surface area (Å²) in [5.41, 5.74) is 2.76. The van der Waals surface area contributed by atoms with E-state index in [9.17, 15) is 9.59 Å². The van der Waals surface area contributed by atoms with Gasteiger partial charge in [-0.1, -0.05) is 6.07 Å². The highest BCUT2D eigenvalue weighted by Gasteiger charge is 2.16. The van der Waals surface area contributed by atoms with Crippen molar-refractivity contribution in [3.8, 4) is 0 Å². The molecule has 1 N–H and O–H groups in total. The Kier molecular flexibility index (Phi) is 4.11. The fraction of sp³-hybridized carbons (Fsp3) is 0.235. The second-order valence-corrected chi connectivity index (χ2v) is 6.54. The zero-order valence-electron chi connectivity index (χ0n) is 13.8. The van der Waals surface area contributed by atoms with Gasteiger partial charge in [0.15, 0.2) is 0 Å². The van der Waals surface area contributed by atoms with Gasteiger partial charge in [-0.05, 0) is 37.6 Å². The molecule has 3 rings (SSSR count). The molecule has 0 unspecified atom stereocenters. The average Bonchev–Trinajstić information content (AvgIpc) is 3.11. The topological polar surface area (TPSA) is 73.2 Å². The number of nitrogens with zero attached hydrogens (tertiary/aromatic N) is 2. The summed E-state index contributed by atoms with van der Waals surface area (Å²) < 4.78 is 6.49.